The number of carbonyl (C=O) groups is 2. The zero-order chi connectivity index (χ0) is 13.1. The van der Waals surface area contributed by atoms with Crippen molar-refractivity contribution in [3.63, 3.8) is 0 Å². The molecule has 0 aliphatic carbocycles. The zero-order valence-corrected chi connectivity index (χ0v) is 10.3. The molecular weight excluding hydrogens is 218 g/mol. The number of hydrogen-bond donors (Lipinski definition) is 1. The fourth-order valence-corrected chi connectivity index (χ4v) is 1.34. The topological polar surface area (TPSA) is 69.4 Å². The Morgan fingerprint density at radius 3 is 2.24 bits per heavy atom. The first-order chi connectivity index (χ1) is 7.85. The molecule has 0 aliphatic heterocycles. The third-order valence-electron chi connectivity index (χ3n) is 2.69. The van der Waals surface area contributed by atoms with E-state index in [2.05, 4.69) is 0 Å². The van der Waals surface area contributed by atoms with Crippen molar-refractivity contribution in [3.05, 3.63) is 35.9 Å². The van der Waals surface area contributed by atoms with Crippen molar-refractivity contribution in [3.8, 4) is 0 Å². The Morgan fingerprint density at radius 2 is 1.76 bits per heavy atom. The number of esters is 1. The Hall–Kier alpha value is -1.84. The maximum atomic E-state index is 12.0. The van der Waals surface area contributed by atoms with Crippen molar-refractivity contribution >= 4 is 11.9 Å². The van der Waals surface area contributed by atoms with Gasteiger partial charge >= 0.3 is 5.97 Å². The number of nitrogens with two attached hydrogens (primary N) is 1. The third-order valence-corrected chi connectivity index (χ3v) is 2.69. The van der Waals surface area contributed by atoms with Crippen molar-refractivity contribution in [2.24, 2.45) is 5.73 Å². The first-order valence-electron chi connectivity index (χ1n) is 5.41. The van der Waals surface area contributed by atoms with E-state index in [-0.39, 0.29) is 0 Å². The second kappa shape index (κ2) is 4.99. The third kappa shape index (κ3) is 3.06. The summed E-state index contributed by atoms with van der Waals surface area (Å²) >= 11 is 0. The van der Waals surface area contributed by atoms with Gasteiger partial charge in [0.05, 0.1) is 5.41 Å². The van der Waals surface area contributed by atoms with Gasteiger partial charge in [0.25, 0.3) is 5.91 Å². The Kier molecular flexibility index (Phi) is 3.89. The molecule has 0 aliphatic rings. The maximum absolute atomic E-state index is 12.0. The summed E-state index contributed by atoms with van der Waals surface area (Å²) in [7, 11) is 0. The van der Waals surface area contributed by atoms with Gasteiger partial charge in [0.1, 0.15) is 0 Å². The van der Waals surface area contributed by atoms with E-state index < -0.39 is 23.4 Å². The van der Waals surface area contributed by atoms with Gasteiger partial charge in [-0.2, -0.15) is 0 Å². The van der Waals surface area contributed by atoms with E-state index in [0.717, 1.165) is 5.56 Å². The van der Waals surface area contributed by atoms with Gasteiger partial charge in [-0.15, -0.1) is 0 Å². The van der Waals surface area contributed by atoms with Crippen molar-refractivity contribution in [1.29, 1.82) is 0 Å². The fourth-order valence-electron chi connectivity index (χ4n) is 1.34. The molecule has 0 heterocycles. The lowest BCUT2D eigenvalue weighted by atomic mass is 9.85. The number of ether oxygens (including phenoxy) is 1. The SMILES string of the molecule is C[C@H](OC(=O)C(C)(C)c1ccccc1)C(N)=O. The Balaban J connectivity index is 2.84. The number of amides is 1. The summed E-state index contributed by atoms with van der Waals surface area (Å²) in [6.45, 7) is 4.96. The van der Waals surface area contributed by atoms with Crippen LogP contribution in [0, 0.1) is 0 Å². The van der Waals surface area contributed by atoms with Gasteiger partial charge in [-0.25, -0.2) is 0 Å². The summed E-state index contributed by atoms with van der Waals surface area (Å²) in [4.78, 5) is 22.8. The molecule has 4 nitrogen and oxygen atoms in total. The van der Waals surface area contributed by atoms with E-state index in [1.54, 1.807) is 13.8 Å². The largest absolute Gasteiger partial charge is 0.452 e. The molecule has 0 bridgehead atoms. The lowest BCUT2D eigenvalue weighted by Crippen LogP contribution is -2.38. The number of carbonyl (C=O) groups excluding carboxylic acids is 2. The molecule has 0 fully saturated rings. The molecule has 1 aromatic carbocycles. The van der Waals surface area contributed by atoms with Crippen LogP contribution < -0.4 is 5.73 Å². The summed E-state index contributed by atoms with van der Waals surface area (Å²) in [5.41, 5.74) is 5.08. The van der Waals surface area contributed by atoms with Crippen molar-refractivity contribution in [2.45, 2.75) is 32.3 Å². The quantitative estimate of drug-likeness (QED) is 0.801. The molecule has 1 amide bonds. The molecule has 0 spiro atoms. The molecule has 0 saturated carbocycles. The Morgan fingerprint density at radius 1 is 1.24 bits per heavy atom. The molecular formula is C13H17NO3. The molecule has 0 radical (unpaired) electrons. The summed E-state index contributed by atoms with van der Waals surface area (Å²) in [5.74, 6) is -1.11. The Bertz CT molecular complexity index is 412. The van der Waals surface area contributed by atoms with Crippen LogP contribution in [0.4, 0.5) is 0 Å². The van der Waals surface area contributed by atoms with Crippen LogP contribution in [-0.4, -0.2) is 18.0 Å². The molecule has 2 N–H and O–H groups in total. The number of hydrogen-bond acceptors (Lipinski definition) is 3. The van der Waals surface area contributed by atoms with Gasteiger partial charge < -0.3 is 10.5 Å². The molecule has 1 atom stereocenters. The van der Waals surface area contributed by atoms with E-state index in [1.807, 2.05) is 30.3 Å². The number of primary amides is 1. The van der Waals surface area contributed by atoms with E-state index in [9.17, 15) is 9.59 Å². The summed E-state index contributed by atoms with van der Waals surface area (Å²) in [6, 6.07) is 9.26. The van der Waals surface area contributed by atoms with Crippen LogP contribution in [0.25, 0.3) is 0 Å². The minimum atomic E-state index is -0.912. The second-order valence-corrected chi connectivity index (χ2v) is 4.44. The minimum absolute atomic E-state index is 0.463. The molecule has 0 aromatic heterocycles. The van der Waals surface area contributed by atoms with Gasteiger partial charge in [-0.3, -0.25) is 9.59 Å². The van der Waals surface area contributed by atoms with Crippen LogP contribution >= 0.6 is 0 Å². The molecule has 1 rings (SSSR count). The first-order valence-corrected chi connectivity index (χ1v) is 5.41. The predicted octanol–water partition coefficient (Wildman–Crippen LogP) is 1.38. The minimum Gasteiger partial charge on any atom is -0.452 e. The van der Waals surface area contributed by atoms with Crippen LogP contribution in [0.15, 0.2) is 30.3 Å². The highest BCUT2D eigenvalue weighted by atomic mass is 16.5. The van der Waals surface area contributed by atoms with Gasteiger partial charge in [0.15, 0.2) is 6.10 Å². The van der Waals surface area contributed by atoms with Crippen LogP contribution in [-0.2, 0) is 19.7 Å². The lowest BCUT2D eigenvalue weighted by Gasteiger charge is -2.24. The molecule has 92 valence electrons. The van der Waals surface area contributed by atoms with Crippen LogP contribution in [0.3, 0.4) is 0 Å². The average Bonchev–Trinajstić information content (AvgIpc) is 2.29. The average molecular weight is 235 g/mol. The van der Waals surface area contributed by atoms with Crippen molar-refractivity contribution in [2.75, 3.05) is 0 Å². The van der Waals surface area contributed by atoms with E-state index in [4.69, 9.17) is 10.5 Å². The maximum Gasteiger partial charge on any atom is 0.316 e. The second-order valence-electron chi connectivity index (χ2n) is 4.44. The molecule has 1 aromatic rings. The van der Waals surface area contributed by atoms with Crippen molar-refractivity contribution in [1.82, 2.24) is 0 Å². The lowest BCUT2D eigenvalue weighted by molar-refractivity contribution is -0.158. The first kappa shape index (κ1) is 13.2. The highest BCUT2D eigenvalue weighted by Crippen LogP contribution is 2.24. The predicted molar refractivity (Wildman–Crippen MR) is 64.2 cm³/mol. The number of benzene rings is 1. The van der Waals surface area contributed by atoms with E-state index >= 15 is 0 Å². The zero-order valence-electron chi connectivity index (χ0n) is 10.3. The number of rotatable bonds is 4. The van der Waals surface area contributed by atoms with Gasteiger partial charge in [-0.1, -0.05) is 30.3 Å². The fraction of sp³-hybridized carbons (Fsp3) is 0.385. The van der Waals surface area contributed by atoms with Crippen LogP contribution in [0.2, 0.25) is 0 Å². The Labute approximate surface area is 101 Å². The molecule has 17 heavy (non-hydrogen) atoms. The highest BCUT2D eigenvalue weighted by molar-refractivity contribution is 5.86. The van der Waals surface area contributed by atoms with E-state index in [0.29, 0.717) is 0 Å². The highest BCUT2D eigenvalue weighted by Gasteiger charge is 2.33. The van der Waals surface area contributed by atoms with E-state index in [1.165, 1.54) is 6.92 Å². The van der Waals surface area contributed by atoms with Gasteiger partial charge in [0, 0.05) is 0 Å². The molecule has 4 heteroatoms. The smallest absolute Gasteiger partial charge is 0.316 e. The van der Waals surface area contributed by atoms with Crippen LogP contribution in [0.5, 0.6) is 0 Å². The standard InChI is InChI=1S/C13H17NO3/c1-9(11(14)15)17-12(16)13(2,3)10-7-5-4-6-8-10/h4-9H,1-3H3,(H2,14,15)/t9-/m0/s1. The van der Waals surface area contributed by atoms with Gasteiger partial charge in [-0.05, 0) is 26.3 Å². The molecule has 0 unspecified atom stereocenters. The summed E-state index contributed by atoms with van der Waals surface area (Å²) < 4.78 is 5.02. The normalized spacial score (nSPS) is 12.9. The summed E-state index contributed by atoms with van der Waals surface area (Å²) in [5, 5.41) is 0. The monoisotopic (exact) mass is 235 g/mol. The summed E-state index contributed by atoms with van der Waals surface area (Å²) in [6.07, 6.45) is -0.912. The molecule has 0 saturated heterocycles. The van der Waals surface area contributed by atoms with Gasteiger partial charge in [0.2, 0.25) is 0 Å². The van der Waals surface area contributed by atoms with Crippen molar-refractivity contribution < 1.29 is 14.3 Å². The van der Waals surface area contributed by atoms with Crippen LogP contribution in [0.1, 0.15) is 26.3 Å².